The van der Waals surface area contributed by atoms with E-state index in [1.54, 1.807) is 0 Å². The van der Waals surface area contributed by atoms with E-state index >= 15 is 0 Å². The Labute approximate surface area is 49.5 Å². The first-order chi connectivity index (χ1) is 3.72. The molecule has 46 valence electrons. The number of carbonyl (C=O) groups is 1. The van der Waals surface area contributed by atoms with E-state index in [0.29, 0.717) is 5.78 Å². The predicted octanol–water partition coefficient (Wildman–Crippen LogP) is 0.280. The number of carbonyl (C=O) groups excluding carboxylic acids is 1. The van der Waals surface area contributed by atoms with Crippen molar-refractivity contribution in [3.05, 3.63) is 0 Å². The molecule has 0 spiro atoms. The summed E-state index contributed by atoms with van der Waals surface area (Å²) in [6.07, 6.45) is 0.748. The summed E-state index contributed by atoms with van der Waals surface area (Å²) in [6.45, 7) is 2.90. The van der Waals surface area contributed by atoms with Crippen molar-refractivity contribution in [3.8, 4) is 0 Å². The molecule has 0 aromatic carbocycles. The van der Waals surface area contributed by atoms with Crippen LogP contribution >= 0.6 is 0 Å². The van der Waals surface area contributed by atoms with Crippen LogP contribution in [0.3, 0.4) is 0 Å². The number of likely N-dealkylation sites (N-methyl/N-ethyl adjacent to an activating group) is 1. The Kier molecular flexibility index (Phi) is 1.34. The van der Waals surface area contributed by atoms with Gasteiger partial charge in [-0.25, -0.2) is 0 Å². The monoisotopic (exact) mass is 113 g/mol. The van der Waals surface area contributed by atoms with Gasteiger partial charge < -0.3 is 0 Å². The van der Waals surface area contributed by atoms with Gasteiger partial charge >= 0.3 is 0 Å². The molecule has 1 fully saturated rings. The molecule has 0 radical (unpaired) electrons. The molecule has 1 heterocycles. The van der Waals surface area contributed by atoms with E-state index in [-0.39, 0.29) is 6.04 Å². The number of rotatable bonds is 0. The van der Waals surface area contributed by atoms with Gasteiger partial charge in [0.2, 0.25) is 0 Å². The third kappa shape index (κ3) is 0.757. The van der Waals surface area contributed by atoms with E-state index in [9.17, 15) is 4.79 Å². The van der Waals surface area contributed by atoms with Crippen LogP contribution in [0.1, 0.15) is 13.3 Å². The molecule has 0 aromatic rings. The number of ketones is 1. The lowest BCUT2D eigenvalue weighted by Crippen LogP contribution is -2.25. The van der Waals surface area contributed by atoms with Crippen molar-refractivity contribution >= 4 is 5.78 Å². The minimum atomic E-state index is 0.176. The van der Waals surface area contributed by atoms with Gasteiger partial charge in [-0.3, -0.25) is 9.69 Å². The molecule has 0 bridgehead atoms. The zero-order valence-corrected chi connectivity index (χ0v) is 5.35. The normalized spacial score (nSPS) is 31.8. The Morgan fingerprint density at radius 3 is 2.50 bits per heavy atom. The summed E-state index contributed by atoms with van der Waals surface area (Å²) < 4.78 is 0. The fourth-order valence-corrected chi connectivity index (χ4v) is 0.935. The highest BCUT2D eigenvalue weighted by Gasteiger charge is 2.24. The molecule has 1 rings (SSSR count). The van der Waals surface area contributed by atoms with Crippen LogP contribution in [0.5, 0.6) is 0 Å². The van der Waals surface area contributed by atoms with Crippen LogP contribution in [-0.4, -0.2) is 30.3 Å². The van der Waals surface area contributed by atoms with Crippen molar-refractivity contribution in [3.63, 3.8) is 0 Å². The fourth-order valence-electron chi connectivity index (χ4n) is 0.935. The maximum Gasteiger partial charge on any atom is 0.150 e. The standard InChI is InChI=1S/C6H11NO/c1-5-6(8)3-4-7(5)2/h5H,3-4H2,1-2H3. The zero-order chi connectivity index (χ0) is 6.15. The number of Topliss-reactive ketones (excluding diaryl/α,β-unsaturated/α-hetero) is 1. The smallest absolute Gasteiger partial charge is 0.150 e. The van der Waals surface area contributed by atoms with Crippen molar-refractivity contribution < 1.29 is 4.79 Å². The van der Waals surface area contributed by atoms with Crippen LogP contribution in [-0.2, 0) is 4.79 Å². The van der Waals surface area contributed by atoms with E-state index in [1.807, 2.05) is 14.0 Å². The molecule has 0 amide bonds. The molecular weight excluding hydrogens is 102 g/mol. The van der Waals surface area contributed by atoms with Gasteiger partial charge in [-0.2, -0.15) is 0 Å². The summed E-state index contributed by atoms with van der Waals surface area (Å²) in [5, 5.41) is 0. The molecule has 0 aliphatic carbocycles. The predicted molar refractivity (Wildman–Crippen MR) is 31.7 cm³/mol. The molecule has 1 atom stereocenters. The summed E-state index contributed by atoms with van der Waals surface area (Å²) >= 11 is 0. The van der Waals surface area contributed by atoms with Crippen molar-refractivity contribution in [1.82, 2.24) is 4.90 Å². The summed E-state index contributed by atoms with van der Waals surface area (Å²) in [7, 11) is 1.98. The minimum absolute atomic E-state index is 0.176. The van der Waals surface area contributed by atoms with E-state index in [2.05, 4.69) is 4.90 Å². The molecule has 0 N–H and O–H groups in total. The molecule has 0 aromatic heterocycles. The number of likely N-dealkylation sites (tertiary alicyclic amines) is 1. The number of hydrogen-bond donors (Lipinski definition) is 0. The van der Waals surface area contributed by atoms with E-state index in [1.165, 1.54) is 0 Å². The maximum absolute atomic E-state index is 10.7. The van der Waals surface area contributed by atoms with Gasteiger partial charge in [0.1, 0.15) is 0 Å². The Morgan fingerprint density at radius 2 is 2.38 bits per heavy atom. The first-order valence-corrected chi connectivity index (χ1v) is 2.95. The summed E-state index contributed by atoms with van der Waals surface area (Å²) in [5.74, 6) is 0.382. The van der Waals surface area contributed by atoms with Crippen LogP contribution in [0.25, 0.3) is 0 Å². The summed E-state index contributed by atoms with van der Waals surface area (Å²) in [6, 6.07) is 0.176. The lowest BCUT2D eigenvalue weighted by molar-refractivity contribution is -0.119. The SMILES string of the molecule is CC1C(=O)CCN1C. The maximum atomic E-state index is 10.7. The third-order valence-electron chi connectivity index (χ3n) is 1.84. The van der Waals surface area contributed by atoms with Crippen molar-refractivity contribution in [2.24, 2.45) is 0 Å². The van der Waals surface area contributed by atoms with Crippen LogP contribution in [0, 0.1) is 0 Å². The van der Waals surface area contributed by atoms with E-state index < -0.39 is 0 Å². The zero-order valence-electron chi connectivity index (χ0n) is 5.35. The highest BCUT2D eigenvalue weighted by Crippen LogP contribution is 2.08. The first kappa shape index (κ1) is 5.76. The molecule has 0 saturated carbocycles. The Hall–Kier alpha value is -0.370. The largest absolute Gasteiger partial charge is 0.298 e. The average molecular weight is 113 g/mol. The summed E-state index contributed by atoms with van der Waals surface area (Å²) in [4.78, 5) is 12.8. The van der Waals surface area contributed by atoms with Gasteiger partial charge in [0, 0.05) is 13.0 Å². The second-order valence-electron chi connectivity index (χ2n) is 2.37. The Balaban J connectivity index is 2.56. The molecule has 1 saturated heterocycles. The van der Waals surface area contributed by atoms with Crippen LogP contribution in [0.2, 0.25) is 0 Å². The van der Waals surface area contributed by atoms with Crippen molar-refractivity contribution in [1.29, 1.82) is 0 Å². The molecule has 8 heavy (non-hydrogen) atoms. The number of nitrogens with zero attached hydrogens (tertiary/aromatic N) is 1. The average Bonchev–Trinajstić information content (AvgIpc) is 1.98. The van der Waals surface area contributed by atoms with Crippen molar-refractivity contribution in [2.45, 2.75) is 19.4 Å². The molecule has 1 aliphatic rings. The fraction of sp³-hybridized carbons (Fsp3) is 0.833. The molecule has 1 aliphatic heterocycles. The Morgan fingerprint density at radius 1 is 1.75 bits per heavy atom. The molecule has 1 unspecified atom stereocenters. The van der Waals surface area contributed by atoms with Crippen LogP contribution < -0.4 is 0 Å². The van der Waals surface area contributed by atoms with Gasteiger partial charge in [0.15, 0.2) is 5.78 Å². The minimum Gasteiger partial charge on any atom is -0.298 e. The second kappa shape index (κ2) is 1.86. The van der Waals surface area contributed by atoms with E-state index in [0.717, 1.165) is 13.0 Å². The number of hydrogen-bond acceptors (Lipinski definition) is 2. The molecular formula is C6H11NO. The van der Waals surface area contributed by atoms with Gasteiger partial charge in [-0.1, -0.05) is 0 Å². The van der Waals surface area contributed by atoms with Crippen LogP contribution in [0.4, 0.5) is 0 Å². The Bertz CT molecular complexity index is 111. The van der Waals surface area contributed by atoms with Gasteiger partial charge in [0.25, 0.3) is 0 Å². The third-order valence-corrected chi connectivity index (χ3v) is 1.84. The first-order valence-electron chi connectivity index (χ1n) is 2.95. The van der Waals surface area contributed by atoms with Gasteiger partial charge in [-0.05, 0) is 14.0 Å². The second-order valence-corrected chi connectivity index (χ2v) is 2.37. The highest BCUT2D eigenvalue weighted by molar-refractivity contribution is 5.85. The topological polar surface area (TPSA) is 20.3 Å². The highest BCUT2D eigenvalue weighted by atomic mass is 16.1. The summed E-state index contributed by atoms with van der Waals surface area (Å²) in [5.41, 5.74) is 0. The lowest BCUT2D eigenvalue weighted by atomic mass is 10.2. The molecule has 2 heteroatoms. The lowest BCUT2D eigenvalue weighted by Gasteiger charge is -2.10. The quantitative estimate of drug-likeness (QED) is 0.449. The van der Waals surface area contributed by atoms with Gasteiger partial charge in [-0.15, -0.1) is 0 Å². The van der Waals surface area contributed by atoms with Crippen molar-refractivity contribution in [2.75, 3.05) is 13.6 Å². The molecule has 2 nitrogen and oxygen atoms in total. The van der Waals surface area contributed by atoms with Crippen LogP contribution in [0.15, 0.2) is 0 Å². The van der Waals surface area contributed by atoms with Gasteiger partial charge in [0.05, 0.1) is 6.04 Å². The van der Waals surface area contributed by atoms with E-state index in [4.69, 9.17) is 0 Å².